The van der Waals surface area contributed by atoms with Crippen LogP contribution in [0.25, 0.3) is 0 Å². The first kappa shape index (κ1) is 15.0. The fourth-order valence-corrected chi connectivity index (χ4v) is 2.83. The number of rotatable bonds is 6. The zero-order valence-electron chi connectivity index (χ0n) is 11.9. The molecule has 18 heavy (non-hydrogen) atoms. The Morgan fingerprint density at radius 3 is 2.56 bits per heavy atom. The lowest BCUT2D eigenvalue weighted by Crippen LogP contribution is -2.49. The Morgan fingerprint density at radius 1 is 1.39 bits per heavy atom. The summed E-state index contributed by atoms with van der Waals surface area (Å²) in [6.07, 6.45) is 10.3. The molecule has 1 heterocycles. The van der Waals surface area contributed by atoms with Crippen molar-refractivity contribution in [2.45, 2.75) is 71.0 Å². The van der Waals surface area contributed by atoms with E-state index in [9.17, 15) is 4.79 Å². The molecule has 1 aliphatic rings. The van der Waals surface area contributed by atoms with Crippen molar-refractivity contribution in [3.63, 3.8) is 0 Å². The van der Waals surface area contributed by atoms with Gasteiger partial charge < -0.3 is 5.32 Å². The summed E-state index contributed by atoms with van der Waals surface area (Å²) in [7, 11) is 0. The number of carbonyl (C=O) groups is 1. The van der Waals surface area contributed by atoms with Crippen LogP contribution in [0, 0.1) is 12.3 Å². The lowest BCUT2D eigenvalue weighted by atomic mass is 10.2. The molecule has 1 N–H and O–H groups in total. The molecule has 3 nitrogen and oxygen atoms in total. The average Bonchev–Trinajstić information content (AvgIpc) is 2.67. The first-order valence-electron chi connectivity index (χ1n) is 7.06. The third-order valence-corrected chi connectivity index (χ3v) is 3.89. The molecular formula is C15H26N2O. The molecular weight excluding hydrogens is 224 g/mol. The molecule has 3 heteroatoms. The van der Waals surface area contributed by atoms with Crippen LogP contribution in [0.4, 0.5) is 0 Å². The van der Waals surface area contributed by atoms with Gasteiger partial charge in [-0.2, -0.15) is 0 Å². The Kier molecular flexibility index (Phi) is 6.21. The van der Waals surface area contributed by atoms with Crippen molar-refractivity contribution in [3.8, 4) is 12.3 Å². The molecule has 1 amide bonds. The first-order valence-corrected chi connectivity index (χ1v) is 7.06. The quantitative estimate of drug-likeness (QED) is 0.579. The lowest BCUT2D eigenvalue weighted by Gasteiger charge is -2.31. The number of likely N-dealkylation sites (tertiary alicyclic amines) is 1. The monoisotopic (exact) mass is 250 g/mol. The number of amides is 1. The van der Waals surface area contributed by atoms with Gasteiger partial charge in [-0.1, -0.05) is 0 Å². The average molecular weight is 250 g/mol. The topological polar surface area (TPSA) is 32.3 Å². The van der Waals surface area contributed by atoms with E-state index in [4.69, 9.17) is 6.42 Å². The van der Waals surface area contributed by atoms with Gasteiger partial charge in [0.15, 0.2) is 0 Å². The molecule has 0 unspecified atom stereocenters. The highest BCUT2D eigenvalue weighted by molar-refractivity contribution is 5.81. The zero-order chi connectivity index (χ0) is 13.5. The van der Waals surface area contributed by atoms with Crippen LogP contribution < -0.4 is 5.32 Å². The summed E-state index contributed by atoms with van der Waals surface area (Å²) in [6, 6.07) is 1.01. The Hall–Kier alpha value is -1.01. The zero-order valence-corrected chi connectivity index (χ0v) is 11.9. The molecule has 0 radical (unpaired) electrons. The smallest absolute Gasteiger partial charge is 0.237 e. The van der Waals surface area contributed by atoms with E-state index in [1.54, 1.807) is 0 Å². The second-order valence-electron chi connectivity index (χ2n) is 5.35. The van der Waals surface area contributed by atoms with E-state index in [0.29, 0.717) is 12.1 Å². The molecule has 3 atom stereocenters. The maximum Gasteiger partial charge on any atom is 0.237 e. The van der Waals surface area contributed by atoms with Gasteiger partial charge in [-0.25, -0.2) is 0 Å². The maximum absolute atomic E-state index is 12.1. The van der Waals surface area contributed by atoms with Crippen molar-refractivity contribution >= 4 is 5.91 Å². The largest absolute Gasteiger partial charge is 0.355 e. The number of hydrogen-bond donors (Lipinski definition) is 1. The van der Waals surface area contributed by atoms with Crippen LogP contribution in [0.3, 0.4) is 0 Å². The predicted molar refractivity (Wildman–Crippen MR) is 75.2 cm³/mol. The number of unbranched alkanes of at least 4 members (excludes halogenated alkanes) is 2. The third-order valence-electron chi connectivity index (χ3n) is 3.89. The molecule has 1 aliphatic heterocycles. The first-order chi connectivity index (χ1) is 8.57. The van der Waals surface area contributed by atoms with Crippen LogP contribution in [-0.2, 0) is 4.79 Å². The second-order valence-corrected chi connectivity index (χ2v) is 5.35. The second kappa shape index (κ2) is 7.43. The van der Waals surface area contributed by atoms with Gasteiger partial charge in [-0.05, 0) is 46.5 Å². The number of terminal acetylenes is 1. The molecule has 1 saturated heterocycles. The molecule has 1 fully saturated rings. The van der Waals surface area contributed by atoms with Crippen LogP contribution in [0.1, 0.15) is 52.9 Å². The van der Waals surface area contributed by atoms with E-state index in [-0.39, 0.29) is 11.9 Å². The van der Waals surface area contributed by atoms with Gasteiger partial charge in [0.1, 0.15) is 0 Å². The summed E-state index contributed by atoms with van der Waals surface area (Å²) >= 11 is 0. The molecule has 0 spiro atoms. The van der Waals surface area contributed by atoms with Gasteiger partial charge in [-0.15, -0.1) is 12.3 Å². The van der Waals surface area contributed by atoms with Gasteiger partial charge in [0, 0.05) is 25.0 Å². The molecule has 0 bridgehead atoms. The fraction of sp³-hybridized carbons (Fsp3) is 0.800. The van der Waals surface area contributed by atoms with Crippen LogP contribution in [0.15, 0.2) is 0 Å². The third kappa shape index (κ3) is 4.03. The molecule has 0 aromatic heterocycles. The van der Waals surface area contributed by atoms with Crippen molar-refractivity contribution in [1.82, 2.24) is 10.2 Å². The standard InChI is InChI=1S/C15H26N2O/c1-5-6-7-8-11-16-15(18)14(4)17-12(2)9-10-13(17)3/h1,12-14H,6-11H2,2-4H3,(H,16,18)/t12-,13+,14-/m0/s1. The maximum atomic E-state index is 12.1. The van der Waals surface area contributed by atoms with E-state index in [0.717, 1.165) is 25.8 Å². The molecule has 0 aromatic carbocycles. The van der Waals surface area contributed by atoms with Crippen LogP contribution in [-0.4, -0.2) is 35.5 Å². The van der Waals surface area contributed by atoms with Crippen molar-refractivity contribution in [2.24, 2.45) is 0 Å². The van der Waals surface area contributed by atoms with E-state index in [2.05, 4.69) is 30.0 Å². The van der Waals surface area contributed by atoms with Gasteiger partial charge >= 0.3 is 0 Å². The van der Waals surface area contributed by atoms with E-state index in [1.165, 1.54) is 12.8 Å². The van der Waals surface area contributed by atoms with Gasteiger partial charge in [0.05, 0.1) is 6.04 Å². The Balaban J connectivity index is 2.30. The highest BCUT2D eigenvalue weighted by Crippen LogP contribution is 2.25. The Morgan fingerprint density at radius 2 is 2.00 bits per heavy atom. The van der Waals surface area contributed by atoms with E-state index >= 15 is 0 Å². The van der Waals surface area contributed by atoms with Gasteiger partial charge in [0.2, 0.25) is 5.91 Å². The van der Waals surface area contributed by atoms with Crippen molar-refractivity contribution in [2.75, 3.05) is 6.54 Å². The minimum atomic E-state index is -0.0230. The lowest BCUT2D eigenvalue weighted by molar-refractivity contribution is -0.126. The van der Waals surface area contributed by atoms with Crippen molar-refractivity contribution < 1.29 is 4.79 Å². The fourth-order valence-electron chi connectivity index (χ4n) is 2.83. The molecule has 0 aliphatic carbocycles. The Bertz CT molecular complexity index is 298. The summed E-state index contributed by atoms with van der Waals surface area (Å²) in [6.45, 7) is 7.16. The van der Waals surface area contributed by atoms with Crippen molar-refractivity contribution in [3.05, 3.63) is 0 Å². The molecule has 0 aromatic rings. The SMILES string of the molecule is C#CCCCCNC(=O)[C@H](C)N1[C@H](C)CC[C@@H]1C. The Labute approximate surface area is 111 Å². The van der Waals surface area contributed by atoms with E-state index in [1.807, 2.05) is 6.92 Å². The summed E-state index contributed by atoms with van der Waals surface area (Å²) in [4.78, 5) is 14.4. The highest BCUT2D eigenvalue weighted by Gasteiger charge is 2.33. The van der Waals surface area contributed by atoms with Crippen LogP contribution >= 0.6 is 0 Å². The molecule has 1 rings (SSSR count). The summed E-state index contributed by atoms with van der Waals surface area (Å²) in [5.41, 5.74) is 0. The minimum Gasteiger partial charge on any atom is -0.355 e. The van der Waals surface area contributed by atoms with Crippen LogP contribution in [0.5, 0.6) is 0 Å². The van der Waals surface area contributed by atoms with Gasteiger partial charge in [0.25, 0.3) is 0 Å². The molecule has 0 saturated carbocycles. The number of nitrogens with zero attached hydrogens (tertiary/aromatic N) is 1. The number of nitrogens with one attached hydrogen (secondary N) is 1. The van der Waals surface area contributed by atoms with Crippen LogP contribution in [0.2, 0.25) is 0 Å². The predicted octanol–water partition coefficient (Wildman–Crippen LogP) is 2.17. The van der Waals surface area contributed by atoms with Gasteiger partial charge in [-0.3, -0.25) is 9.69 Å². The summed E-state index contributed by atoms with van der Waals surface area (Å²) in [5.74, 6) is 2.76. The summed E-state index contributed by atoms with van der Waals surface area (Å²) < 4.78 is 0. The normalized spacial score (nSPS) is 25.7. The van der Waals surface area contributed by atoms with E-state index < -0.39 is 0 Å². The molecule has 102 valence electrons. The number of carbonyl (C=O) groups excluding carboxylic acids is 1. The summed E-state index contributed by atoms with van der Waals surface area (Å²) in [5, 5.41) is 3.01. The number of hydrogen-bond acceptors (Lipinski definition) is 2. The minimum absolute atomic E-state index is 0.0230. The van der Waals surface area contributed by atoms with Crippen molar-refractivity contribution in [1.29, 1.82) is 0 Å². The highest BCUT2D eigenvalue weighted by atomic mass is 16.2.